The van der Waals surface area contributed by atoms with Crippen molar-refractivity contribution in [2.75, 3.05) is 25.0 Å². The van der Waals surface area contributed by atoms with Gasteiger partial charge in [0.2, 0.25) is 0 Å². The Morgan fingerprint density at radius 2 is 1.92 bits per heavy atom. The monoisotopic (exact) mass is 342 g/mol. The molecular formula is C17H25F3N4. The Bertz CT molecular complexity index is 561. The van der Waals surface area contributed by atoms with Gasteiger partial charge in [0.25, 0.3) is 0 Å². The van der Waals surface area contributed by atoms with Crippen molar-refractivity contribution in [2.45, 2.75) is 45.3 Å². The van der Waals surface area contributed by atoms with Gasteiger partial charge in [-0.1, -0.05) is 32.0 Å². The van der Waals surface area contributed by atoms with Crippen LogP contribution in [0.4, 0.5) is 18.9 Å². The summed E-state index contributed by atoms with van der Waals surface area (Å²) in [6.07, 6.45) is -1.84. The van der Waals surface area contributed by atoms with Crippen LogP contribution in [0.5, 0.6) is 0 Å². The highest BCUT2D eigenvalue weighted by molar-refractivity contribution is 5.94. The minimum absolute atomic E-state index is 0.196. The summed E-state index contributed by atoms with van der Waals surface area (Å²) in [6.45, 7) is 3.94. The van der Waals surface area contributed by atoms with E-state index in [0.29, 0.717) is 13.0 Å². The summed E-state index contributed by atoms with van der Waals surface area (Å²) in [4.78, 5) is 5.75. The predicted molar refractivity (Wildman–Crippen MR) is 91.3 cm³/mol. The summed E-state index contributed by atoms with van der Waals surface area (Å²) >= 11 is 0. The zero-order valence-electron chi connectivity index (χ0n) is 14.2. The number of alkyl halides is 3. The first-order valence-corrected chi connectivity index (χ1v) is 8.32. The minimum atomic E-state index is -4.17. The number of guanidine groups is 1. The average molecular weight is 342 g/mol. The van der Waals surface area contributed by atoms with Crippen LogP contribution < -0.4 is 11.1 Å². The van der Waals surface area contributed by atoms with E-state index < -0.39 is 12.7 Å². The molecule has 134 valence electrons. The van der Waals surface area contributed by atoms with Crippen LogP contribution in [0, 0.1) is 0 Å². The van der Waals surface area contributed by atoms with Gasteiger partial charge in [-0.05, 0) is 30.4 Å². The van der Waals surface area contributed by atoms with E-state index in [-0.39, 0.29) is 18.5 Å². The first-order chi connectivity index (χ1) is 11.3. The summed E-state index contributed by atoms with van der Waals surface area (Å²) in [5.41, 5.74) is 9.27. The molecule has 7 heteroatoms. The van der Waals surface area contributed by atoms with Crippen LogP contribution in [0.1, 0.15) is 31.4 Å². The highest BCUT2D eigenvalue weighted by atomic mass is 19.4. The topological polar surface area (TPSA) is 53.6 Å². The molecule has 1 saturated heterocycles. The van der Waals surface area contributed by atoms with Crippen LogP contribution in [0.15, 0.2) is 23.2 Å². The zero-order chi connectivity index (χ0) is 17.7. The molecule has 0 amide bonds. The van der Waals surface area contributed by atoms with Gasteiger partial charge in [-0.3, -0.25) is 4.90 Å². The van der Waals surface area contributed by atoms with Gasteiger partial charge in [0.15, 0.2) is 5.96 Å². The lowest BCUT2D eigenvalue weighted by Gasteiger charge is -2.17. The van der Waals surface area contributed by atoms with Crippen LogP contribution in [0.2, 0.25) is 0 Å². The Labute approximate surface area is 140 Å². The molecule has 2 rings (SSSR count). The Hall–Kier alpha value is -1.76. The van der Waals surface area contributed by atoms with Gasteiger partial charge >= 0.3 is 6.18 Å². The molecule has 0 saturated carbocycles. The van der Waals surface area contributed by atoms with Crippen molar-refractivity contribution < 1.29 is 13.2 Å². The van der Waals surface area contributed by atoms with E-state index in [0.717, 1.165) is 29.7 Å². The van der Waals surface area contributed by atoms with Gasteiger partial charge in [-0.25, -0.2) is 4.99 Å². The molecule has 1 heterocycles. The molecule has 0 aromatic heterocycles. The highest BCUT2D eigenvalue weighted by Crippen LogP contribution is 2.23. The van der Waals surface area contributed by atoms with Crippen LogP contribution in [-0.4, -0.2) is 42.7 Å². The summed E-state index contributed by atoms with van der Waals surface area (Å²) in [5.74, 6) is 0.268. The van der Waals surface area contributed by atoms with E-state index in [2.05, 4.69) is 24.2 Å². The van der Waals surface area contributed by atoms with Crippen molar-refractivity contribution in [2.24, 2.45) is 10.7 Å². The van der Waals surface area contributed by atoms with Gasteiger partial charge < -0.3 is 11.1 Å². The van der Waals surface area contributed by atoms with Crippen molar-refractivity contribution in [3.63, 3.8) is 0 Å². The second-order valence-electron chi connectivity index (χ2n) is 6.09. The van der Waals surface area contributed by atoms with Crippen molar-refractivity contribution in [3.8, 4) is 0 Å². The van der Waals surface area contributed by atoms with Crippen LogP contribution in [-0.2, 0) is 12.8 Å². The maximum atomic E-state index is 12.4. The lowest BCUT2D eigenvalue weighted by atomic mass is 10.0. The molecule has 0 bridgehead atoms. The Morgan fingerprint density at radius 3 is 2.46 bits per heavy atom. The Kier molecular flexibility index (Phi) is 6.10. The summed E-state index contributed by atoms with van der Waals surface area (Å²) in [7, 11) is 0. The number of hydrogen-bond acceptors (Lipinski definition) is 2. The molecule has 1 aliphatic heterocycles. The molecule has 0 spiro atoms. The number of likely N-dealkylation sites (tertiary alicyclic amines) is 1. The lowest BCUT2D eigenvalue weighted by molar-refractivity contribution is -0.143. The molecule has 0 aliphatic carbocycles. The average Bonchev–Trinajstić information content (AvgIpc) is 2.92. The molecule has 1 aliphatic rings. The second-order valence-corrected chi connectivity index (χ2v) is 6.09. The molecular weight excluding hydrogens is 317 g/mol. The van der Waals surface area contributed by atoms with E-state index >= 15 is 0 Å². The largest absolute Gasteiger partial charge is 0.401 e. The smallest absolute Gasteiger partial charge is 0.370 e. The molecule has 1 unspecified atom stereocenters. The quantitative estimate of drug-likeness (QED) is 0.638. The van der Waals surface area contributed by atoms with Crippen molar-refractivity contribution in [1.82, 2.24) is 4.90 Å². The standard InChI is InChI=1S/C17H25F3N4/c1-3-12-6-5-7-13(4-2)15(12)23-16(21)22-14-8-9-24(10-14)11-17(18,19)20/h5-7,14H,3-4,8-11H2,1-2H3,(H3,21,22,23). The number of nitrogens with one attached hydrogen (secondary N) is 1. The number of aliphatic imine (C=N–C) groups is 1. The van der Waals surface area contributed by atoms with E-state index in [4.69, 9.17) is 5.73 Å². The lowest BCUT2D eigenvalue weighted by Crippen LogP contribution is -2.33. The molecule has 1 atom stereocenters. The van der Waals surface area contributed by atoms with Gasteiger partial charge in [-0.15, -0.1) is 0 Å². The number of nitrogens with two attached hydrogens (primary N) is 1. The van der Waals surface area contributed by atoms with Gasteiger partial charge in [-0.2, -0.15) is 13.2 Å². The third kappa shape index (κ3) is 5.12. The van der Waals surface area contributed by atoms with E-state index in [1.165, 1.54) is 4.90 Å². The highest BCUT2D eigenvalue weighted by Gasteiger charge is 2.34. The number of benzene rings is 1. The fourth-order valence-corrected chi connectivity index (χ4v) is 3.07. The van der Waals surface area contributed by atoms with Crippen LogP contribution in [0.25, 0.3) is 0 Å². The van der Waals surface area contributed by atoms with E-state index in [9.17, 15) is 13.2 Å². The van der Waals surface area contributed by atoms with Crippen molar-refractivity contribution >= 4 is 11.6 Å². The number of aryl methyl sites for hydroxylation is 2. The third-order valence-corrected chi connectivity index (χ3v) is 4.22. The number of para-hydroxylation sites is 1. The van der Waals surface area contributed by atoms with E-state index in [1.54, 1.807) is 0 Å². The molecule has 24 heavy (non-hydrogen) atoms. The van der Waals surface area contributed by atoms with Crippen LogP contribution >= 0.6 is 0 Å². The number of nitrogens with zero attached hydrogens (tertiary/aromatic N) is 2. The maximum Gasteiger partial charge on any atom is 0.401 e. The van der Waals surface area contributed by atoms with Gasteiger partial charge in [0.1, 0.15) is 0 Å². The number of anilines is 1. The fraction of sp³-hybridized carbons (Fsp3) is 0.588. The molecule has 1 aromatic carbocycles. The Balaban J connectivity index is 2.03. The maximum absolute atomic E-state index is 12.4. The number of hydrogen-bond donors (Lipinski definition) is 2. The molecule has 1 aromatic rings. The van der Waals surface area contributed by atoms with Gasteiger partial charge in [0.05, 0.1) is 12.6 Å². The number of halogens is 3. The normalized spacial score (nSPS) is 19.7. The minimum Gasteiger partial charge on any atom is -0.370 e. The second kappa shape index (κ2) is 7.88. The first kappa shape index (κ1) is 18.6. The molecule has 3 N–H and O–H groups in total. The van der Waals surface area contributed by atoms with Crippen LogP contribution in [0.3, 0.4) is 0 Å². The summed E-state index contributed by atoms with van der Waals surface area (Å²) in [5, 5.41) is 3.16. The van der Waals surface area contributed by atoms with Crippen molar-refractivity contribution in [3.05, 3.63) is 29.3 Å². The zero-order valence-corrected chi connectivity index (χ0v) is 14.2. The Morgan fingerprint density at radius 1 is 1.29 bits per heavy atom. The molecule has 1 fully saturated rings. The molecule has 4 nitrogen and oxygen atoms in total. The molecule has 0 radical (unpaired) electrons. The first-order valence-electron chi connectivity index (χ1n) is 8.32. The predicted octanol–water partition coefficient (Wildman–Crippen LogP) is 3.17. The fourth-order valence-electron chi connectivity index (χ4n) is 3.07. The summed E-state index contributed by atoms with van der Waals surface area (Å²) < 4.78 is 37.3. The third-order valence-electron chi connectivity index (χ3n) is 4.22. The van der Waals surface area contributed by atoms with Gasteiger partial charge in [0, 0.05) is 18.8 Å². The van der Waals surface area contributed by atoms with Crippen molar-refractivity contribution in [1.29, 1.82) is 0 Å². The van der Waals surface area contributed by atoms with E-state index in [1.807, 2.05) is 18.2 Å². The SMILES string of the molecule is CCc1cccc(CC)c1NC(N)=NC1CCN(CC(F)(F)F)C1. The number of rotatable bonds is 5. The summed E-state index contributed by atoms with van der Waals surface area (Å²) in [6, 6.07) is 5.89.